The Bertz CT molecular complexity index is 331. The van der Waals surface area contributed by atoms with Gasteiger partial charge in [0.1, 0.15) is 0 Å². The number of aliphatic hydroxyl groups excluding tert-OH is 1. The van der Waals surface area contributed by atoms with Gasteiger partial charge < -0.3 is 10.8 Å². The lowest BCUT2D eigenvalue weighted by atomic mass is 9.81. The molecule has 2 nitrogen and oxygen atoms in total. The van der Waals surface area contributed by atoms with Gasteiger partial charge in [0, 0.05) is 0 Å². The molecule has 1 atom stereocenters. The number of hydrogen-bond acceptors (Lipinski definition) is 2. The molecule has 0 radical (unpaired) electrons. The maximum Gasteiger partial charge on any atom is 0.0624 e. The van der Waals surface area contributed by atoms with Crippen molar-refractivity contribution in [2.45, 2.75) is 44.1 Å². The van der Waals surface area contributed by atoms with E-state index in [0.29, 0.717) is 5.92 Å². The Labute approximate surface area is 97.5 Å². The van der Waals surface area contributed by atoms with Crippen molar-refractivity contribution in [2.24, 2.45) is 5.73 Å². The lowest BCUT2D eigenvalue weighted by Gasteiger charge is -2.25. The summed E-state index contributed by atoms with van der Waals surface area (Å²) in [5.41, 5.74) is 8.45. The molecule has 0 saturated heterocycles. The van der Waals surface area contributed by atoms with Gasteiger partial charge in [-0.15, -0.1) is 0 Å². The Kier molecular flexibility index (Phi) is 3.97. The van der Waals surface area contributed by atoms with Gasteiger partial charge in [0.05, 0.1) is 12.6 Å². The Morgan fingerprint density at radius 2 is 1.88 bits per heavy atom. The van der Waals surface area contributed by atoms with Crippen molar-refractivity contribution in [1.82, 2.24) is 0 Å². The summed E-state index contributed by atoms with van der Waals surface area (Å²) in [5, 5.41) is 9.19. The summed E-state index contributed by atoms with van der Waals surface area (Å²) in [4.78, 5) is 0. The van der Waals surface area contributed by atoms with Crippen LogP contribution in [0.15, 0.2) is 24.3 Å². The standard InChI is InChI=1S/C14H21NO/c15-14(10-16)13-9-5-4-8-12(13)11-6-2-1-3-7-11/h4-5,8-9,11,14,16H,1-3,6-7,10,15H2. The number of nitrogens with two attached hydrogens (primary N) is 1. The highest BCUT2D eigenvalue weighted by molar-refractivity contribution is 5.33. The van der Waals surface area contributed by atoms with Crippen molar-refractivity contribution in [1.29, 1.82) is 0 Å². The van der Waals surface area contributed by atoms with Gasteiger partial charge in [-0.2, -0.15) is 0 Å². The summed E-state index contributed by atoms with van der Waals surface area (Å²) >= 11 is 0. The molecular formula is C14H21NO. The van der Waals surface area contributed by atoms with E-state index < -0.39 is 0 Å². The predicted molar refractivity (Wildman–Crippen MR) is 66.3 cm³/mol. The summed E-state index contributed by atoms with van der Waals surface area (Å²) in [7, 11) is 0. The zero-order valence-corrected chi connectivity index (χ0v) is 9.73. The van der Waals surface area contributed by atoms with Crippen LogP contribution in [0.25, 0.3) is 0 Å². The van der Waals surface area contributed by atoms with E-state index in [1.54, 1.807) is 0 Å². The fourth-order valence-electron chi connectivity index (χ4n) is 2.73. The van der Waals surface area contributed by atoms with Crippen LogP contribution in [0.4, 0.5) is 0 Å². The molecule has 1 unspecified atom stereocenters. The Morgan fingerprint density at radius 3 is 2.56 bits per heavy atom. The number of hydrogen-bond donors (Lipinski definition) is 2. The van der Waals surface area contributed by atoms with Crippen molar-refractivity contribution >= 4 is 0 Å². The quantitative estimate of drug-likeness (QED) is 0.821. The van der Waals surface area contributed by atoms with E-state index in [-0.39, 0.29) is 12.6 Å². The van der Waals surface area contributed by atoms with E-state index in [1.165, 1.54) is 37.7 Å². The lowest BCUT2D eigenvalue weighted by Crippen LogP contribution is -2.18. The molecule has 1 aromatic carbocycles. The van der Waals surface area contributed by atoms with Crippen LogP contribution in [-0.4, -0.2) is 11.7 Å². The molecule has 0 amide bonds. The van der Waals surface area contributed by atoms with Crippen LogP contribution in [0.5, 0.6) is 0 Å². The minimum Gasteiger partial charge on any atom is -0.394 e. The van der Waals surface area contributed by atoms with Gasteiger partial charge in [-0.3, -0.25) is 0 Å². The first-order valence-electron chi connectivity index (χ1n) is 6.28. The Morgan fingerprint density at radius 1 is 1.19 bits per heavy atom. The molecule has 0 aromatic heterocycles. The third kappa shape index (κ3) is 2.45. The van der Waals surface area contributed by atoms with Crippen molar-refractivity contribution < 1.29 is 5.11 Å². The van der Waals surface area contributed by atoms with Crippen LogP contribution < -0.4 is 5.73 Å². The van der Waals surface area contributed by atoms with Crippen LogP contribution in [0.2, 0.25) is 0 Å². The fraction of sp³-hybridized carbons (Fsp3) is 0.571. The van der Waals surface area contributed by atoms with E-state index in [9.17, 15) is 5.11 Å². The van der Waals surface area contributed by atoms with Crippen LogP contribution >= 0.6 is 0 Å². The third-order valence-electron chi connectivity index (χ3n) is 3.64. The van der Waals surface area contributed by atoms with Gasteiger partial charge in [-0.1, -0.05) is 43.5 Å². The van der Waals surface area contributed by atoms with Crippen molar-refractivity contribution in [3.63, 3.8) is 0 Å². The predicted octanol–water partition coefficient (Wildman–Crippen LogP) is 2.73. The molecule has 1 aliphatic carbocycles. The zero-order valence-electron chi connectivity index (χ0n) is 9.73. The molecule has 1 fully saturated rings. The first-order valence-corrected chi connectivity index (χ1v) is 6.28. The third-order valence-corrected chi connectivity index (χ3v) is 3.64. The van der Waals surface area contributed by atoms with E-state index in [1.807, 2.05) is 6.07 Å². The van der Waals surface area contributed by atoms with Crippen molar-refractivity contribution in [3.05, 3.63) is 35.4 Å². The van der Waals surface area contributed by atoms with Crippen molar-refractivity contribution in [2.75, 3.05) is 6.61 Å². The number of benzene rings is 1. The number of aliphatic hydroxyl groups is 1. The van der Waals surface area contributed by atoms with Crippen LogP contribution in [0, 0.1) is 0 Å². The molecule has 2 rings (SSSR count). The summed E-state index contributed by atoms with van der Waals surface area (Å²) in [6.45, 7) is 0.0315. The summed E-state index contributed by atoms with van der Waals surface area (Å²) in [5.74, 6) is 0.655. The molecule has 0 spiro atoms. The molecular weight excluding hydrogens is 198 g/mol. The molecule has 0 heterocycles. The van der Waals surface area contributed by atoms with Gasteiger partial charge in [0.2, 0.25) is 0 Å². The second kappa shape index (κ2) is 5.46. The molecule has 1 saturated carbocycles. The van der Waals surface area contributed by atoms with Crippen molar-refractivity contribution in [3.8, 4) is 0 Å². The molecule has 0 aliphatic heterocycles. The minimum absolute atomic E-state index is 0.0315. The zero-order chi connectivity index (χ0) is 11.4. The van der Waals surface area contributed by atoms with E-state index >= 15 is 0 Å². The maximum atomic E-state index is 9.19. The summed E-state index contributed by atoms with van der Waals surface area (Å²) in [6, 6.07) is 8.11. The summed E-state index contributed by atoms with van der Waals surface area (Å²) in [6.07, 6.45) is 6.57. The highest BCUT2D eigenvalue weighted by Crippen LogP contribution is 2.35. The normalized spacial score (nSPS) is 19.6. The van der Waals surface area contributed by atoms with Gasteiger partial charge in [0.25, 0.3) is 0 Å². The van der Waals surface area contributed by atoms with E-state index in [0.717, 1.165) is 5.56 Å². The second-order valence-electron chi connectivity index (χ2n) is 4.75. The molecule has 0 bridgehead atoms. The number of rotatable bonds is 3. The first kappa shape index (κ1) is 11.6. The van der Waals surface area contributed by atoms with Gasteiger partial charge in [0.15, 0.2) is 0 Å². The Balaban J connectivity index is 2.24. The highest BCUT2D eigenvalue weighted by atomic mass is 16.3. The smallest absolute Gasteiger partial charge is 0.0624 e. The lowest BCUT2D eigenvalue weighted by molar-refractivity contribution is 0.266. The highest BCUT2D eigenvalue weighted by Gasteiger charge is 2.20. The van der Waals surface area contributed by atoms with Gasteiger partial charge in [-0.25, -0.2) is 0 Å². The van der Waals surface area contributed by atoms with Gasteiger partial charge in [-0.05, 0) is 29.9 Å². The summed E-state index contributed by atoms with van der Waals surface area (Å²) < 4.78 is 0. The van der Waals surface area contributed by atoms with Gasteiger partial charge >= 0.3 is 0 Å². The molecule has 1 aliphatic rings. The second-order valence-corrected chi connectivity index (χ2v) is 4.75. The van der Waals surface area contributed by atoms with Crippen LogP contribution in [0.1, 0.15) is 55.2 Å². The molecule has 16 heavy (non-hydrogen) atoms. The van der Waals surface area contributed by atoms with E-state index in [2.05, 4.69) is 18.2 Å². The molecule has 3 N–H and O–H groups in total. The topological polar surface area (TPSA) is 46.2 Å². The largest absolute Gasteiger partial charge is 0.394 e. The van der Waals surface area contributed by atoms with Crippen LogP contribution in [-0.2, 0) is 0 Å². The molecule has 88 valence electrons. The molecule has 2 heteroatoms. The van der Waals surface area contributed by atoms with Crippen LogP contribution in [0.3, 0.4) is 0 Å². The maximum absolute atomic E-state index is 9.19. The SMILES string of the molecule is NC(CO)c1ccccc1C1CCCCC1. The minimum atomic E-state index is -0.224. The monoisotopic (exact) mass is 219 g/mol. The van der Waals surface area contributed by atoms with E-state index in [4.69, 9.17) is 5.73 Å². The fourth-order valence-corrected chi connectivity index (χ4v) is 2.73. The average molecular weight is 219 g/mol. The Hall–Kier alpha value is -0.860. The first-order chi connectivity index (χ1) is 7.83. The molecule has 1 aromatic rings. The average Bonchev–Trinajstić information content (AvgIpc) is 2.39.